The highest BCUT2D eigenvalue weighted by atomic mass is 32.1. The smallest absolute Gasteiger partial charge is 0.277 e. The van der Waals surface area contributed by atoms with Crippen LogP contribution in [0.5, 0.6) is 5.75 Å². The van der Waals surface area contributed by atoms with Crippen molar-refractivity contribution in [2.24, 2.45) is 7.05 Å². The fraction of sp³-hybridized carbons (Fsp3) is 0.278. The lowest BCUT2D eigenvalue weighted by Gasteiger charge is -2.14. The Morgan fingerprint density at radius 1 is 1.22 bits per heavy atom. The van der Waals surface area contributed by atoms with E-state index >= 15 is 0 Å². The fourth-order valence-electron chi connectivity index (χ4n) is 2.33. The molecule has 8 nitrogen and oxygen atoms in total. The fourth-order valence-corrected chi connectivity index (χ4v) is 3.05. The second-order valence-corrected chi connectivity index (χ2v) is 7.05. The predicted molar refractivity (Wildman–Crippen MR) is 102 cm³/mol. The van der Waals surface area contributed by atoms with E-state index in [9.17, 15) is 9.59 Å². The molecular formula is C18H19N5O3S. The van der Waals surface area contributed by atoms with E-state index in [1.165, 1.54) is 30.5 Å². The van der Waals surface area contributed by atoms with Crippen molar-refractivity contribution in [1.82, 2.24) is 20.0 Å². The van der Waals surface area contributed by atoms with E-state index in [-0.39, 0.29) is 17.4 Å². The predicted octanol–water partition coefficient (Wildman–Crippen LogP) is 2.64. The standard InChI is InChI=1S/C18H19N5O3S/c1-10-6-5-7-14(11(10)2)26-12(3)17-20-21-18(27-17)19-16(25)13-8-9-15(24)23(4)22-13/h5-9,12H,1-4H3,(H,19,21,25)/t12-/m1/s1. The van der Waals surface area contributed by atoms with Gasteiger partial charge in [0.1, 0.15) is 17.5 Å². The maximum atomic E-state index is 12.2. The number of nitrogens with zero attached hydrogens (tertiary/aromatic N) is 4. The molecule has 9 heteroatoms. The maximum absolute atomic E-state index is 12.2. The normalized spacial score (nSPS) is 11.9. The van der Waals surface area contributed by atoms with Crippen LogP contribution in [-0.4, -0.2) is 25.9 Å². The molecule has 2 aromatic heterocycles. The highest BCUT2D eigenvalue weighted by Crippen LogP contribution is 2.29. The van der Waals surface area contributed by atoms with E-state index in [1.54, 1.807) is 0 Å². The molecule has 1 amide bonds. The van der Waals surface area contributed by atoms with E-state index in [1.807, 2.05) is 39.0 Å². The molecule has 0 fully saturated rings. The number of amides is 1. The summed E-state index contributed by atoms with van der Waals surface area (Å²) in [5.74, 6) is 0.328. The Bertz CT molecular complexity index is 1040. The minimum absolute atomic E-state index is 0.119. The molecular weight excluding hydrogens is 366 g/mol. The van der Waals surface area contributed by atoms with Gasteiger partial charge in [0.05, 0.1) is 0 Å². The number of anilines is 1. The monoisotopic (exact) mass is 385 g/mol. The van der Waals surface area contributed by atoms with Gasteiger partial charge in [0.25, 0.3) is 11.5 Å². The molecule has 0 bridgehead atoms. The molecule has 0 saturated heterocycles. The summed E-state index contributed by atoms with van der Waals surface area (Å²) in [5.41, 5.74) is 2.05. The van der Waals surface area contributed by atoms with Crippen molar-refractivity contribution in [2.45, 2.75) is 26.9 Å². The molecule has 0 saturated carbocycles. The molecule has 1 atom stereocenters. The average molecular weight is 385 g/mol. The van der Waals surface area contributed by atoms with Gasteiger partial charge in [-0.25, -0.2) is 4.68 Å². The van der Waals surface area contributed by atoms with Crippen LogP contribution in [0.3, 0.4) is 0 Å². The third kappa shape index (κ3) is 4.20. The van der Waals surface area contributed by atoms with E-state index in [2.05, 4.69) is 20.6 Å². The highest BCUT2D eigenvalue weighted by Gasteiger charge is 2.17. The molecule has 2 heterocycles. The molecule has 0 aliphatic heterocycles. The zero-order valence-electron chi connectivity index (χ0n) is 15.4. The zero-order valence-corrected chi connectivity index (χ0v) is 16.2. The van der Waals surface area contributed by atoms with Crippen molar-refractivity contribution in [3.63, 3.8) is 0 Å². The second kappa shape index (κ2) is 7.67. The topological polar surface area (TPSA) is 99.0 Å². The van der Waals surface area contributed by atoms with E-state index < -0.39 is 5.91 Å². The summed E-state index contributed by atoms with van der Waals surface area (Å²) < 4.78 is 7.09. The van der Waals surface area contributed by atoms with Crippen LogP contribution in [0.2, 0.25) is 0 Å². The number of ether oxygens (including phenoxy) is 1. The lowest BCUT2D eigenvalue weighted by Crippen LogP contribution is -2.23. The number of hydrogen-bond donors (Lipinski definition) is 1. The third-order valence-electron chi connectivity index (χ3n) is 4.06. The quantitative estimate of drug-likeness (QED) is 0.725. The molecule has 1 aromatic carbocycles. The summed E-state index contributed by atoms with van der Waals surface area (Å²) in [5, 5.41) is 15.6. The van der Waals surface area contributed by atoms with Gasteiger partial charge in [-0.1, -0.05) is 23.5 Å². The summed E-state index contributed by atoms with van der Waals surface area (Å²) in [7, 11) is 1.48. The summed E-state index contributed by atoms with van der Waals surface area (Å²) in [6.07, 6.45) is -0.315. The van der Waals surface area contributed by atoms with Crippen LogP contribution >= 0.6 is 11.3 Å². The minimum Gasteiger partial charge on any atom is -0.483 e. The Hall–Kier alpha value is -3.07. The first-order valence-corrected chi connectivity index (χ1v) is 9.09. The van der Waals surface area contributed by atoms with E-state index in [4.69, 9.17) is 4.74 Å². The van der Waals surface area contributed by atoms with Gasteiger partial charge in [-0.2, -0.15) is 5.10 Å². The SMILES string of the molecule is Cc1cccc(O[C@H](C)c2nnc(NC(=O)c3ccc(=O)n(C)n3)s2)c1C. The van der Waals surface area contributed by atoms with Crippen molar-refractivity contribution in [1.29, 1.82) is 0 Å². The molecule has 0 aliphatic rings. The Balaban J connectivity index is 1.70. The molecule has 0 spiro atoms. The first-order valence-electron chi connectivity index (χ1n) is 8.27. The lowest BCUT2D eigenvalue weighted by atomic mass is 10.1. The average Bonchev–Trinajstić information content (AvgIpc) is 3.10. The Labute approximate surface area is 159 Å². The van der Waals surface area contributed by atoms with Gasteiger partial charge in [0.2, 0.25) is 5.13 Å². The van der Waals surface area contributed by atoms with Crippen molar-refractivity contribution in [2.75, 3.05) is 5.32 Å². The molecule has 27 heavy (non-hydrogen) atoms. The lowest BCUT2D eigenvalue weighted by molar-refractivity contribution is 0.102. The number of hydrogen-bond acceptors (Lipinski definition) is 7. The maximum Gasteiger partial charge on any atom is 0.277 e. The number of carbonyl (C=O) groups is 1. The van der Waals surface area contributed by atoms with Crippen LogP contribution in [0.4, 0.5) is 5.13 Å². The van der Waals surface area contributed by atoms with E-state index in [0.717, 1.165) is 21.6 Å². The van der Waals surface area contributed by atoms with Gasteiger partial charge in [0.15, 0.2) is 5.01 Å². The number of nitrogens with one attached hydrogen (secondary N) is 1. The van der Waals surface area contributed by atoms with Crippen molar-refractivity contribution in [3.05, 3.63) is 62.5 Å². The third-order valence-corrected chi connectivity index (χ3v) is 5.06. The molecule has 140 valence electrons. The first-order chi connectivity index (χ1) is 12.8. The Morgan fingerprint density at radius 3 is 2.74 bits per heavy atom. The van der Waals surface area contributed by atoms with Crippen LogP contribution in [0, 0.1) is 13.8 Å². The Kier molecular flexibility index (Phi) is 5.31. The summed E-state index contributed by atoms with van der Waals surface area (Å²) in [6, 6.07) is 8.53. The Morgan fingerprint density at radius 2 is 2.00 bits per heavy atom. The number of rotatable bonds is 5. The molecule has 1 N–H and O–H groups in total. The van der Waals surface area contributed by atoms with Crippen LogP contribution in [0.1, 0.15) is 39.7 Å². The van der Waals surface area contributed by atoms with Gasteiger partial charge >= 0.3 is 0 Å². The molecule has 0 aliphatic carbocycles. The highest BCUT2D eigenvalue weighted by molar-refractivity contribution is 7.15. The summed E-state index contributed by atoms with van der Waals surface area (Å²) in [4.78, 5) is 23.6. The van der Waals surface area contributed by atoms with Crippen LogP contribution in [-0.2, 0) is 7.05 Å². The van der Waals surface area contributed by atoms with Crippen molar-refractivity contribution >= 4 is 22.4 Å². The van der Waals surface area contributed by atoms with Crippen molar-refractivity contribution < 1.29 is 9.53 Å². The number of aryl methyl sites for hydroxylation is 2. The molecule has 3 rings (SSSR count). The number of benzene rings is 1. The van der Waals surface area contributed by atoms with Gasteiger partial charge in [-0.3, -0.25) is 14.9 Å². The molecule has 0 radical (unpaired) electrons. The number of aromatic nitrogens is 4. The van der Waals surface area contributed by atoms with Crippen LogP contribution in [0.15, 0.2) is 35.1 Å². The number of carbonyl (C=O) groups excluding carboxylic acids is 1. The van der Waals surface area contributed by atoms with Gasteiger partial charge in [-0.15, -0.1) is 10.2 Å². The second-order valence-electron chi connectivity index (χ2n) is 6.04. The summed E-state index contributed by atoms with van der Waals surface area (Å²) in [6.45, 7) is 5.91. The van der Waals surface area contributed by atoms with Gasteiger partial charge in [-0.05, 0) is 44.0 Å². The zero-order chi connectivity index (χ0) is 19.6. The van der Waals surface area contributed by atoms with E-state index in [0.29, 0.717) is 10.1 Å². The minimum atomic E-state index is -0.462. The van der Waals surface area contributed by atoms with Crippen LogP contribution in [0.25, 0.3) is 0 Å². The van der Waals surface area contributed by atoms with Crippen LogP contribution < -0.4 is 15.6 Å². The van der Waals surface area contributed by atoms with Gasteiger partial charge < -0.3 is 4.74 Å². The van der Waals surface area contributed by atoms with Gasteiger partial charge in [0, 0.05) is 13.1 Å². The molecule has 0 unspecified atom stereocenters. The summed E-state index contributed by atoms with van der Waals surface area (Å²) >= 11 is 1.23. The first kappa shape index (κ1) is 18.7. The molecule has 3 aromatic rings. The van der Waals surface area contributed by atoms with Crippen molar-refractivity contribution in [3.8, 4) is 5.75 Å². The largest absolute Gasteiger partial charge is 0.483 e.